The summed E-state index contributed by atoms with van der Waals surface area (Å²) in [5, 5.41) is 9.36. The molecule has 1 atom stereocenters. The average molecular weight is 373 g/mol. The maximum absolute atomic E-state index is 12.7. The largest absolute Gasteiger partial charge is 0.481 e. The normalized spacial score (nSPS) is 17.0. The predicted octanol–water partition coefficient (Wildman–Crippen LogP) is 2.53. The predicted molar refractivity (Wildman–Crippen MR) is 90.4 cm³/mol. The van der Waals surface area contributed by atoms with Crippen LogP contribution in [0.15, 0.2) is 18.2 Å². The zero-order chi connectivity index (χ0) is 17.9. The number of benzene rings is 1. The molecule has 1 aromatic rings. The lowest BCUT2D eigenvalue weighted by Gasteiger charge is -2.28. The van der Waals surface area contributed by atoms with E-state index in [1.807, 2.05) is 0 Å². The van der Waals surface area contributed by atoms with Crippen molar-refractivity contribution in [1.29, 1.82) is 0 Å². The standard InChI is InChI=1S/C16H18Cl2N2O4/c1-19(8-6-14(21)22)16(24)13-3-2-7-20(13)15(23)10-4-5-11(17)12(18)9-10/h4-5,9,13H,2-3,6-8H2,1H3,(H,21,22). The molecule has 1 aliphatic rings. The summed E-state index contributed by atoms with van der Waals surface area (Å²) in [6, 6.07) is 4.03. The second-order valence-electron chi connectivity index (χ2n) is 5.69. The summed E-state index contributed by atoms with van der Waals surface area (Å²) in [4.78, 5) is 38.7. The first-order valence-electron chi connectivity index (χ1n) is 7.54. The number of aliphatic carboxylic acids is 1. The van der Waals surface area contributed by atoms with Gasteiger partial charge in [-0.1, -0.05) is 23.2 Å². The summed E-state index contributed by atoms with van der Waals surface area (Å²) in [7, 11) is 1.55. The number of carboxylic acid groups (broad SMARTS) is 1. The number of nitrogens with zero attached hydrogens (tertiary/aromatic N) is 2. The molecule has 2 amide bonds. The van der Waals surface area contributed by atoms with Gasteiger partial charge in [0.05, 0.1) is 16.5 Å². The van der Waals surface area contributed by atoms with E-state index in [1.54, 1.807) is 19.2 Å². The van der Waals surface area contributed by atoms with Crippen LogP contribution < -0.4 is 0 Å². The fraction of sp³-hybridized carbons (Fsp3) is 0.438. The molecule has 0 aromatic heterocycles. The maximum atomic E-state index is 12.7. The Bertz CT molecular complexity index is 665. The third-order valence-corrected chi connectivity index (χ3v) is 4.74. The van der Waals surface area contributed by atoms with Gasteiger partial charge in [-0.2, -0.15) is 0 Å². The highest BCUT2D eigenvalue weighted by Crippen LogP contribution is 2.26. The number of likely N-dealkylation sites (tertiary alicyclic amines) is 1. The first-order chi connectivity index (χ1) is 11.3. The van der Waals surface area contributed by atoms with Gasteiger partial charge in [0.1, 0.15) is 6.04 Å². The van der Waals surface area contributed by atoms with Gasteiger partial charge < -0.3 is 14.9 Å². The number of carbonyl (C=O) groups is 3. The van der Waals surface area contributed by atoms with Gasteiger partial charge in [0.2, 0.25) is 5.91 Å². The SMILES string of the molecule is CN(CCC(=O)O)C(=O)C1CCCN1C(=O)c1ccc(Cl)c(Cl)c1. The smallest absolute Gasteiger partial charge is 0.305 e. The number of hydrogen-bond donors (Lipinski definition) is 1. The Kier molecular flexibility index (Phi) is 6.07. The molecule has 0 saturated carbocycles. The Labute approximate surface area is 149 Å². The first kappa shape index (κ1) is 18.5. The number of carboxylic acids is 1. The van der Waals surface area contributed by atoms with Gasteiger partial charge >= 0.3 is 5.97 Å². The number of likely N-dealkylation sites (N-methyl/N-ethyl adjacent to an activating group) is 1. The molecule has 0 spiro atoms. The molecule has 1 fully saturated rings. The van der Waals surface area contributed by atoms with E-state index in [0.717, 1.165) is 6.42 Å². The average Bonchev–Trinajstić information content (AvgIpc) is 3.03. The van der Waals surface area contributed by atoms with Crippen LogP contribution >= 0.6 is 23.2 Å². The van der Waals surface area contributed by atoms with Crippen LogP contribution in [-0.2, 0) is 9.59 Å². The van der Waals surface area contributed by atoms with Crippen molar-refractivity contribution in [3.8, 4) is 0 Å². The lowest BCUT2D eigenvalue weighted by Crippen LogP contribution is -2.47. The number of carbonyl (C=O) groups excluding carboxylic acids is 2. The summed E-state index contributed by atoms with van der Waals surface area (Å²) in [5.41, 5.74) is 0.372. The molecule has 0 aliphatic carbocycles. The van der Waals surface area contributed by atoms with E-state index >= 15 is 0 Å². The van der Waals surface area contributed by atoms with Crippen molar-refractivity contribution in [2.75, 3.05) is 20.1 Å². The molecule has 1 unspecified atom stereocenters. The van der Waals surface area contributed by atoms with Crippen LogP contribution in [0.5, 0.6) is 0 Å². The van der Waals surface area contributed by atoms with Crippen molar-refractivity contribution in [2.24, 2.45) is 0 Å². The Morgan fingerprint density at radius 3 is 2.62 bits per heavy atom. The first-order valence-corrected chi connectivity index (χ1v) is 8.29. The summed E-state index contributed by atoms with van der Waals surface area (Å²) >= 11 is 11.8. The molecule has 8 heteroatoms. The van der Waals surface area contributed by atoms with E-state index < -0.39 is 12.0 Å². The fourth-order valence-corrected chi connectivity index (χ4v) is 2.99. The van der Waals surface area contributed by atoms with E-state index in [2.05, 4.69) is 0 Å². The molecule has 1 aromatic carbocycles. The summed E-state index contributed by atoms with van der Waals surface area (Å²) < 4.78 is 0. The molecule has 1 N–H and O–H groups in total. The highest BCUT2D eigenvalue weighted by Gasteiger charge is 2.36. The zero-order valence-corrected chi connectivity index (χ0v) is 14.7. The van der Waals surface area contributed by atoms with Gasteiger partial charge in [-0.25, -0.2) is 0 Å². The molecule has 1 heterocycles. The quantitative estimate of drug-likeness (QED) is 0.861. The third kappa shape index (κ3) is 4.19. The summed E-state index contributed by atoms with van der Waals surface area (Å²) in [5.74, 6) is -1.50. The highest BCUT2D eigenvalue weighted by atomic mass is 35.5. The Morgan fingerprint density at radius 2 is 2.00 bits per heavy atom. The van der Waals surface area contributed by atoms with Crippen molar-refractivity contribution in [1.82, 2.24) is 9.80 Å². The Balaban J connectivity index is 2.11. The van der Waals surface area contributed by atoms with Crippen LogP contribution in [0.25, 0.3) is 0 Å². The highest BCUT2D eigenvalue weighted by molar-refractivity contribution is 6.42. The molecule has 130 valence electrons. The van der Waals surface area contributed by atoms with Crippen LogP contribution in [0, 0.1) is 0 Å². The third-order valence-electron chi connectivity index (χ3n) is 4.00. The van der Waals surface area contributed by atoms with Crippen molar-refractivity contribution >= 4 is 41.0 Å². The molecule has 0 bridgehead atoms. The summed E-state index contributed by atoms with van der Waals surface area (Å²) in [6.07, 6.45) is 1.15. The van der Waals surface area contributed by atoms with E-state index in [4.69, 9.17) is 28.3 Å². The van der Waals surface area contributed by atoms with Gasteiger partial charge in [-0.3, -0.25) is 14.4 Å². The number of hydrogen-bond acceptors (Lipinski definition) is 3. The van der Waals surface area contributed by atoms with Crippen LogP contribution in [0.4, 0.5) is 0 Å². The van der Waals surface area contributed by atoms with Crippen molar-refractivity contribution < 1.29 is 19.5 Å². The molecule has 1 aliphatic heterocycles. The van der Waals surface area contributed by atoms with E-state index in [9.17, 15) is 14.4 Å². The second-order valence-corrected chi connectivity index (χ2v) is 6.50. The van der Waals surface area contributed by atoms with E-state index in [1.165, 1.54) is 15.9 Å². The number of halogens is 2. The molecular weight excluding hydrogens is 355 g/mol. The van der Waals surface area contributed by atoms with Crippen LogP contribution in [0.2, 0.25) is 10.0 Å². The fourth-order valence-electron chi connectivity index (χ4n) is 2.69. The Hall–Kier alpha value is -1.79. The molecular formula is C16H18Cl2N2O4. The monoisotopic (exact) mass is 372 g/mol. The topological polar surface area (TPSA) is 77.9 Å². The van der Waals surface area contributed by atoms with Crippen LogP contribution in [0.1, 0.15) is 29.6 Å². The molecule has 6 nitrogen and oxygen atoms in total. The molecule has 0 radical (unpaired) electrons. The van der Waals surface area contributed by atoms with Crippen molar-refractivity contribution in [3.05, 3.63) is 33.8 Å². The second kappa shape index (κ2) is 7.85. The zero-order valence-electron chi connectivity index (χ0n) is 13.2. The molecule has 24 heavy (non-hydrogen) atoms. The minimum Gasteiger partial charge on any atom is -0.481 e. The van der Waals surface area contributed by atoms with Crippen molar-refractivity contribution in [2.45, 2.75) is 25.3 Å². The lowest BCUT2D eigenvalue weighted by atomic mass is 10.1. The molecule has 2 rings (SSSR count). The van der Waals surface area contributed by atoms with Crippen LogP contribution in [-0.4, -0.2) is 58.9 Å². The van der Waals surface area contributed by atoms with Gasteiger partial charge in [0.25, 0.3) is 5.91 Å². The molecule has 1 saturated heterocycles. The minimum atomic E-state index is -0.968. The van der Waals surface area contributed by atoms with Gasteiger partial charge in [0, 0.05) is 25.7 Å². The van der Waals surface area contributed by atoms with Gasteiger partial charge in [0.15, 0.2) is 0 Å². The summed E-state index contributed by atoms with van der Waals surface area (Å²) in [6.45, 7) is 0.585. The van der Waals surface area contributed by atoms with Crippen LogP contribution in [0.3, 0.4) is 0 Å². The Morgan fingerprint density at radius 1 is 1.29 bits per heavy atom. The lowest BCUT2D eigenvalue weighted by molar-refractivity contribution is -0.139. The minimum absolute atomic E-state index is 0.111. The number of rotatable bonds is 5. The maximum Gasteiger partial charge on any atom is 0.305 e. The van der Waals surface area contributed by atoms with Gasteiger partial charge in [-0.05, 0) is 31.0 Å². The number of amides is 2. The van der Waals surface area contributed by atoms with Gasteiger partial charge in [-0.15, -0.1) is 0 Å². The van der Waals surface area contributed by atoms with Crippen molar-refractivity contribution in [3.63, 3.8) is 0 Å². The van der Waals surface area contributed by atoms with E-state index in [-0.39, 0.29) is 29.8 Å². The van der Waals surface area contributed by atoms with E-state index in [0.29, 0.717) is 23.6 Å².